The van der Waals surface area contributed by atoms with E-state index in [2.05, 4.69) is 15.0 Å². The molecule has 24 heavy (non-hydrogen) atoms. The standard InChI is InChI=1S/C17H17ClN4OS/c1-10-3-4-11(9-13(10)23-2)15-14(24-17(19)22-15)6-5-12-7-8-20-16(18)21-12/h3-4,7-9H,5-6H2,1-2H3,(H2,19,22). The Balaban J connectivity index is 1.88. The van der Waals surface area contributed by atoms with Crippen LogP contribution in [-0.2, 0) is 12.8 Å². The van der Waals surface area contributed by atoms with Gasteiger partial charge in [0.2, 0.25) is 5.28 Å². The van der Waals surface area contributed by atoms with Gasteiger partial charge in [-0.3, -0.25) is 0 Å². The summed E-state index contributed by atoms with van der Waals surface area (Å²) in [5, 5.41) is 0.820. The molecule has 0 spiro atoms. The molecule has 0 aliphatic rings. The number of hydrogen-bond acceptors (Lipinski definition) is 6. The van der Waals surface area contributed by atoms with Crippen LogP contribution in [-0.4, -0.2) is 22.1 Å². The van der Waals surface area contributed by atoms with Gasteiger partial charge in [0, 0.05) is 22.3 Å². The Kier molecular flexibility index (Phi) is 4.97. The molecule has 0 aliphatic carbocycles. The number of ether oxygens (including phenoxy) is 1. The Morgan fingerprint density at radius 3 is 2.79 bits per heavy atom. The molecule has 2 heterocycles. The van der Waals surface area contributed by atoms with Gasteiger partial charge in [0.25, 0.3) is 0 Å². The first-order valence-electron chi connectivity index (χ1n) is 7.44. The molecule has 0 bridgehead atoms. The van der Waals surface area contributed by atoms with Crippen LogP contribution < -0.4 is 10.5 Å². The molecule has 0 saturated carbocycles. The third-order valence-electron chi connectivity index (χ3n) is 3.69. The van der Waals surface area contributed by atoms with Crippen molar-refractivity contribution in [3.05, 3.63) is 51.9 Å². The largest absolute Gasteiger partial charge is 0.496 e. The summed E-state index contributed by atoms with van der Waals surface area (Å²) in [6.45, 7) is 2.01. The Bertz CT molecular complexity index is 866. The molecule has 1 aromatic carbocycles. The lowest BCUT2D eigenvalue weighted by Gasteiger charge is -2.08. The van der Waals surface area contributed by atoms with E-state index >= 15 is 0 Å². The zero-order valence-corrected chi connectivity index (χ0v) is 15.0. The van der Waals surface area contributed by atoms with E-state index in [4.69, 9.17) is 22.1 Å². The maximum absolute atomic E-state index is 5.94. The third-order valence-corrected chi connectivity index (χ3v) is 4.81. The zero-order chi connectivity index (χ0) is 17.1. The third kappa shape index (κ3) is 3.66. The number of nitrogens with two attached hydrogens (primary N) is 1. The van der Waals surface area contributed by atoms with Gasteiger partial charge in [0.15, 0.2) is 5.13 Å². The Morgan fingerprint density at radius 1 is 1.21 bits per heavy atom. The van der Waals surface area contributed by atoms with E-state index < -0.39 is 0 Å². The lowest BCUT2D eigenvalue weighted by Crippen LogP contribution is -1.96. The smallest absolute Gasteiger partial charge is 0.222 e. The summed E-state index contributed by atoms with van der Waals surface area (Å²) < 4.78 is 5.41. The first kappa shape index (κ1) is 16.7. The highest BCUT2D eigenvalue weighted by Gasteiger charge is 2.14. The van der Waals surface area contributed by atoms with Crippen molar-refractivity contribution in [1.29, 1.82) is 0 Å². The number of rotatable bonds is 5. The summed E-state index contributed by atoms with van der Waals surface area (Å²) >= 11 is 7.34. The van der Waals surface area contributed by atoms with Crippen molar-refractivity contribution >= 4 is 28.1 Å². The van der Waals surface area contributed by atoms with Crippen LogP contribution in [0.25, 0.3) is 11.3 Å². The van der Waals surface area contributed by atoms with Gasteiger partial charge in [-0.1, -0.05) is 12.1 Å². The SMILES string of the molecule is COc1cc(-c2nc(N)sc2CCc2ccnc(Cl)n2)ccc1C. The average molecular weight is 361 g/mol. The van der Waals surface area contributed by atoms with Crippen LogP contribution in [0.15, 0.2) is 30.5 Å². The van der Waals surface area contributed by atoms with Gasteiger partial charge in [-0.15, -0.1) is 11.3 Å². The van der Waals surface area contributed by atoms with E-state index in [9.17, 15) is 0 Å². The molecule has 0 atom stereocenters. The van der Waals surface area contributed by atoms with Gasteiger partial charge in [-0.05, 0) is 49.1 Å². The van der Waals surface area contributed by atoms with Crippen LogP contribution in [0.1, 0.15) is 16.1 Å². The molecule has 0 radical (unpaired) electrons. The number of aromatic nitrogens is 3. The summed E-state index contributed by atoms with van der Waals surface area (Å²) in [5.74, 6) is 0.840. The normalized spacial score (nSPS) is 10.8. The van der Waals surface area contributed by atoms with Crippen molar-refractivity contribution in [2.24, 2.45) is 0 Å². The number of halogens is 1. The van der Waals surface area contributed by atoms with Gasteiger partial charge in [-0.25, -0.2) is 15.0 Å². The predicted molar refractivity (Wildman–Crippen MR) is 97.7 cm³/mol. The quantitative estimate of drug-likeness (QED) is 0.697. The molecule has 0 unspecified atom stereocenters. The second-order valence-corrected chi connectivity index (χ2v) is 6.78. The van der Waals surface area contributed by atoms with E-state index in [0.717, 1.165) is 46.0 Å². The highest BCUT2D eigenvalue weighted by atomic mass is 35.5. The maximum Gasteiger partial charge on any atom is 0.222 e. The molecule has 7 heteroatoms. The number of benzene rings is 1. The minimum absolute atomic E-state index is 0.264. The highest BCUT2D eigenvalue weighted by Crippen LogP contribution is 2.33. The van der Waals surface area contributed by atoms with Crippen molar-refractivity contribution in [2.75, 3.05) is 12.8 Å². The second kappa shape index (κ2) is 7.15. The summed E-state index contributed by atoms with van der Waals surface area (Å²) in [6.07, 6.45) is 3.20. The summed E-state index contributed by atoms with van der Waals surface area (Å²) in [6, 6.07) is 7.93. The van der Waals surface area contributed by atoms with E-state index in [-0.39, 0.29) is 5.28 Å². The Hall–Kier alpha value is -2.18. The molecule has 124 valence electrons. The molecule has 0 saturated heterocycles. The molecular weight excluding hydrogens is 344 g/mol. The number of anilines is 1. The lowest BCUT2D eigenvalue weighted by molar-refractivity contribution is 0.412. The molecule has 2 N–H and O–H groups in total. The van der Waals surface area contributed by atoms with Gasteiger partial charge in [0.05, 0.1) is 12.8 Å². The Labute approximate surface area is 149 Å². The van der Waals surface area contributed by atoms with Crippen LogP contribution in [0.4, 0.5) is 5.13 Å². The average Bonchev–Trinajstić information content (AvgIpc) is 2.94. The van der Waals surface area contributed by atoms with Crippen LogP contribution in [0.5, 0.6) is 5.75 Å². The van der Waals surface area contributed by atoms with Crippen LogP contribution in [0.2, 0.25) is 5.28 Å². The van der Waals surface area contributed by atoms with Crippen LogP contribution >= 0.6 is 22.9 Å². The van der Waals surface area contributed by atoms with Crippen molar-refractivity contribution < 1.29 is 4.74 Å². The predicted octanol–water partition coefficient (Wildman–Crippen LogP) is 3.94. The zero-order valence-electron chi connectivity index (χ0n) is 13.4. The molecule has 5 nitrogen and oxygen atoms in total. The van der Waals surface area contributed by atoms with E-state index in [1.807, 2.05) is 31.2 Å². The van der Waals surface area contributed by atoms with Crippen molar-refractivity contribution in [1.82, 2.24) is 15.0 Å². The van der Waals surface area contributed by atoms with E-state index in [1.165, 1.54) is 11.3 Å². The molecule has 3 rings (SSSR count). The number of thiazole rings is 1. The first-order chi connectivity index (χ1) is 11.6. The minimum Gasteiger partial charge on any atom is -0.496 e. The fraction of sp³-hybridized carbons (Fsp3) is 0.235. The van der Waals surface area contributed by atoms with Crippen molar-refractivity contribution in [2.45, 2.75) is 19.8 Å². The molecule has 0 aliphatic heterocycles. The lowest BCUT2D eigenvalue weighted by atomic mass is 10.1. The molecule has 0 amide bonds. The maximum atomic E-state index is 5.94. The minimum atomic E-state index is 0.264. The topological polar surface area (TPSA) is 73.9 Å². The number of hydrogen-bond donors (Lipinski definition) is 1. The molecule has 2 aromatic heterocycles. The Morgan fingerprint density at radius 2 is 2.04 bits per heavy atom. The van der Waals surface area contributed by atoms with Gasteiger partial charge >= 0.3 is 0 Å². The summed E-state index contributed by atoms with van der Waals surface area (Å²) in [4.78, 5) is 13.7. The van der Waals surface area contributed by atoms with Crippen LogP contribution in [0, 0.1) is 6.92 Å². The number of aryl methyl sites for hydroxylation is 3. The monoisotopic (exact) mass is 360 g/mol. The van der Waals surface area contributed by atoms with Gasteiger partial charge in [0.1, 0.15) is 5.75 Å². The van der Waals surface area contributed by atoms with Crippen LogP contribution in [0.3, 0.4) is 0 Å². The summed E-state index contributed by atoms with van der Waals surface area (Å²) in [5.41, 5.74) is 9.82. The summed E-state index contributed by atoms with van der Waals surface area (Å²) in [7, 11) is 1.67. The fourth-order valence-corrected chi connectivity index (χ4v) is 3.50. The second-order valence-electron chi connectivity index (χ2n) is 5.33. The molecule has 3 aromatic rings. The first-order valence-corrected chi connectivity index (χ1v) is 8.64. The van der Waals surface area contributed by atoms with E-state index in [0.29, 0.717) is 5.13 Å². The molecular formula is C17H17ClN4OS. The fourth-order valence-electron chi connectivity index (χ4n) is 2.48. The number of nitrogen functional groups attached to an aromatic ring is 1. The molecule has 0 fully saturated rings. The van der Waals surface area contributed by atoms with Gasteiger partial charge < -0.3 is 10.5 Å². The van der Waals surface area contributed by atoms with Gasteiger partial charge in [-0.2, -0.15) is 0 Å². The number of nitrogens with zero attached hydrogens (tertiary/aromatic N) is 3. The van der Waals surface area contributed by atoms with E-state index in [1.54, 1.807) is 13.3 Å². The highest BCUT2D eigenvalue weighted by molar-refractivity contribution is 7.15. The number of methoxy groups -OCH3 is 1. The van der Waals surface area contributed by atoms with Crippen molar-refractivity contribution in [3.8, 4) is 17.0 Å². The van der Waals surface area contributed by atoms with Crippen molar-refractivity contribution in [3.63, 3.8) is 0 Å².